The van der Waals surface area contributed by atoms with Crippen molar-refractivity contribution >= 4 is 39.4 Å². The Balaban J connectivity index is 0.000000155. The third-order valence-corrected chi connectivity index (χ3v) is 10.9. The Morgan fingerprint density at radius 2 is 1.09 bits per heavy atom. The van der Waals surface area contributed by atoms with Gasteiger partial charge in [0.2, 0.25) is 11.8 Å². The Morgan fingerprint density at radius 1 is 0.618 bits per heavy atom. The van der Waals surface area contributed by atoms with E-state index in [1.54, 1.807) is 41.3 Å². The third kappa shape index (κ3) is 11.1. The molecular formula is C40H47BrF2N8O4. The molecule has 0 saturated carbocycles. The molecule has 3 N–H and O–H groups in total. The molecule has 2 aromatic heterocycles. The largest absolute Gasteiger partial charge is 0.506 e. The Morgan fingerprint density at radius 3 is 1.55 bits per heavy atom. The van der Waals surface area contributed by atoms with Gasteiger partial charge in [0.25, 0.3) is 0 Å². The van der Waals surface area contributed by atoms with Crippen molar-refractivity contribution in [2.24, 2.45) is 0 Å². The van der Waals surface area contributed by atoms with E-state index in [0.717, 1.165) is 101 Å². The molecule has 0 bridgehead atoms. The van der Waals surface area contributed by atoms with Gasteiger partial charge in [-0.15, -0.1) is 0 Å². The number of likely N-dealkylation sites (tertiary alicyclic amines) is 2. The smallest absolute Gasteiger partial charge is 0.240 e. The van der Waals surface area contributed by atoms with Crippen LogP contribution in [0.3, 0.4) is 0 Å². The monoisotopic (exact) mass is 820 g/mol. The van der Waals surface area contributed by atoms with Crippen LogP contribution < -0.4 is 15.1 Å². The topological polar surface area (TPSA) is 129 Å². The predicted molar refractivity (Wildman–Crippen MR) is 210 cm³/mol. The van der Waals surface area contributed by atoms with Crippen LogP contribution in [-0.4, -0.2) is 123 Å². The number of amides is 2. The molecule has 2 unspecified atom stereocenters. The van der Waals surface area contributed by atoms with Crippen molar-refractivity contribution in [2.75, 3.05) is 75.2 Å². The standard InChI is InChI=1S/C20H23FN4O2.C11H11BrFNO.C9H13N3O/c21-16-3-1-15(2-4-16)14-25-8-7-18(20(25)27)23-9-11-24(12-10-23)19-6-5-17(26)13-22-19;12-10-5-6-14(11(10)15)7-8-1-3-9(13)4-2-8;13-8-1-2-9(11-7-8)12-5-3-10-4-6-12/h1-6,13,18,26H,7-12,14H2;1-4,10H,5-7H2;1-2,7,10,13H,3-6H2. The van der Waals surface area contributed by atoms with Crippen LogP contribution in [0, 0.1) is 11.6 Å². The Bertz CT molecular complexity index is 1830. The second kappa shape index (κ2) is 19.1. The normalized spacial score (nSPS) is 20.2. The first kappa shape index (κ1) is 39.8. The van der Waals surface area contributed by atoms with Gasteiger partial charge < -0.3 is 35.1 Å². The number of halogens is 3. The fourth-order valence-electron chi connectivity index (χ4n) is 6.98. The highest BCUT2D eigenvalue weighted by Gasteiger charge is 2.37. The van der Waals surface area contributed by atoms with Gasteiger partial charge in [0.1, 0.15) is 34.8 Å². The molecule has 55 heavy (non-hydrogen) atoms. The van der Waals surface area contributed by atoms with E-state index < -0.39 is 0 Å². The molecule has 4 fully saturated rings. The molecule has 0 spiro atoms. The van der Waals surface area contributed by atoms with Crippen LogP contribution in [0.15, 0.2) is 85.2 Å². The van der Waals surface area contributed by atoms with Crippen molar-refractivity contribution in [3.63, 3.8) is 0 Å². The third-order valence-electron chi connectivity index (χ3n) is 10.1. The minimum atomic E-state index is -0.259. The molecule has 0 aliphatic carbocycles. The lowest BCUT2D eigenvalue weighted by Crippen LogP contribution is -2.52. The minimum absolute atomic E-state index is 0.0436. The van der Waals surface area contributed by atoms with Crippen molar-refractivity contribution in [1.82, 2.24) is 30.0 Å². The zero-order valence-electron chi connectivity index (χ0n) is 30.6. The summed E-state index contributed by atoms with van der Waals surface area (Å²) in [7, 11) is 0. The first-order chi connectivity index (χ1) is 26.6. The molecule has 15 heteroatoms. The summed E-state index contributed by atoms with van der Waals surface area (Å²) in [4.78, 5) is 43.1. The van der Waals surface area contributed by atoms with Gasteiger partial charge in [0, 0.05) is 78.5 Å². The average Bonchev–Trinajstić information content (AvgIpc) is 3.73. The SMILES string of the molecule is O=C1C(Br)CCN1Cc1ccc(F)cc1.O=C1C(N2CCN(c3ccc(O)cn3)CC2)CCN1Cc1ccc(F)cc1.Oc1ccc(N2CCNCC2)nc1. The van der Waals surface area contributed by atoms with E-state index in [1.165, 1.54) is 36.7 Å². The zero-order valence-corrected chi connectivity index (χ0v) is 32.2. The molecule has 292 valence electrons. The van der Waals surface area contributed by atoms with Crippen LogP contribution in [0.2, 0.25) is 0 Å². The van der Waals surface area contributed by atoms with Crippen molar-refractivity contribution in [3.8, 4) is 11.5 Å². The van der Waals surface area contributed by atoms with E-state index in [2.05, 4.69) is 45.9 Å². The van der Waals surface area contributed by atoms with Crippen LogP contribution in [0.5, 0.6) is 11.5 Å². The predicted octanol–water partition coefficient (Wildman–Crippen LogP) is 4.37. The summed E-state index contributed by atoms with van der Waals surface area (Å²) >= 11 is 3.32. The molecule has 8 rings (SSSR count). The second-order valence-electron chi connectivity index (χ2n) is 13.8. The number of pyridine rings is 2. The highest BCUT2D eigenvalue weighted by Crippen LogP contribution is 2.24. The number of hydrogen-bond donors (Lipinski definition) is 3. The van der Waals surface area contributed by atoms with Gasteiger partial charge in [-0.25, -0.2) is 18.7 Å². The molecule has 4 saturated heterocycles. The van der Waals surface area contributed by atoms with Gasteiger partial charge in [-0.3, -0.25) is 14.5 Å². The minimum Gasteiger partial charge on any atom is -0.506 e. The zero-order chi connectivity index (χ0) is 38.7. The fourth-order valence-corrected chi connectivity index (χ4v) is 7.48. The van der Waals surface area contributed by atoms with E-state index >= 15 is 0 Å². The lowest BCUT2D eigenvalue weighted by atomic mass is 10.1. The van der Waals surface area contributed by atoms with E-state index in [4.69, 9.17) is 5.11 Å². The summed E-state index contributed by atoms with van der Waals surface area (Å²) in [5, 5.41) is 21.7. The highest BCUT2D eigenvalue weighted by atomic mass is 79.9. The number of piperazine rings is 2. The van der Waals surface area contributed by atoms with Crippen LogP contribution in [-0.2, 0) is 22.7 Å². The summed E-state index contributed by atoms with van der Waals surface area (Å²) in [6.45, 7) is 9.81. The molecular weight excluding hydrogens is 774 g/mol. The van der Waals surface area contributed by atoms with E-state index in [9.17, 15) is 23.5 Å². The summed E-state index contributed by atoms with van der Waals surface area (Å²) in [5.74, 6) is 1.96. The summed E-state index contributed by atoms with van der Waals surface area (Å²) < 4.78 is 25.7. The van der Waals surface area contributed by atoms with E-state index in [1.807, 2.05) is 17.0 Å². The Labute approximate surface area is 328 Å². The van der Waals surface area contributed by atoms with Gasteiger partial charge in [-0.2, -0.15) is 0 Å². The number of anilines is 2. The summed E-state index contributed by atoms with van der Waals surface area (Å²) in [6, 6.07) is 19.5. The van der Waals surface area contributed by atoms with Gasteiger partial charge >= 0.3 is 0 Å². The van der Waals surface area contributed by atoms with Crippen molar-refractivity contribution in [1.29, 1.82) is 0 Å². The Kier molecular flexibility index (Phi) is 13.9. The lowest BCUT2D eigenvalue weighted by Gasteiger charge is -2.37. The molecule has 0 radical (unpaired) electrons. The number of aromatic nitrogens is 2. The number of alkyl halides is 1. The first-order valence-electron chi connectivity index (χ1n) is 18.6. The number of carbonyl (C=O) groups is 2. The lowest BCUT2D eigenvalue weighted by molar-refractivity contribution is -0.132. The number of carbonyl (C=O) groups excluding carboxylic acids is 2. The van der Waals surface area contributed by atoms with E-state index in [-0.39, 0.29) is 45.8 Å². The molecule has 4 aliphatic heterocycles. The maximum absolute atomic E-state index is 13.0. The van der Waals surface area contributed by atoms with Crippen LogP contribution >= 0.6 is 15.9 Å². The molecule has 6 heterocycles. The number of nitrogens with zero attached hydrogens (tertiary/aromatic N) is 7. The van der Waals surface area contributed by atoms with Crippen LogP contribution in [0.25, 0.3) is 0 Å². The first-order valence-corrected chi connectivity index (χ1v) is 19.5. The number of rotatable bonds is 7. The molecule has 12 nitrogen and oxygen atoms in total. The molecule has 2 amide bonds. The maximum atomic E-state index is 13.0. The molecule has 2 aromatic carbocycles. The summed E-state index contributed by atoms with van der Waals surface area (Å²) in [6.07, 6.45) is 4.62. The number of nitrogens with one attached hydrogen (secondary N) is 1. The van der Waals surface area contributed by atoms with E-state index in [0.29, 0.717) is 13.1 Å². The van der Waals surface area contributed by atoms with Gasteiger partial charge in [-0.05, 0) is 72.5 Å². The van der Waals surface area contributed by atoms with Crippen LogP contribution in [0.1, 0.15) is 24.0 Å². The molecule has 4 aliphatic rings. The quantitative estimate of drug-likeness (QED) is 0.232. The molecule has 4 aromatic rings. The number of aromatic hydroxyl groups is 2. The van der Waals surface area contributed by atoms with Gasteiger partial charge in [0.15, 0.2) is 0 Å². The van der Waals surface area contributed by atoms with Crippen molar-refractivity contribution < 1.29 is 28.6 Å². The van der Waals surface area contributed by atoms with Gasteiger partial charge in [0.05, 0.1) is 23.3 Å². The number of benzene rings is 2. The van der Waals surface area contributed by atoms with Crippen molar-refractivity contribution in [2.45, 2.75) is 36.8 Å². The molecule has 2 atom stereocenters. The number of hydrogen-bond acceptors (Lipinski definition) is 10. The summed E-state index contributed by atoms with van der Waals surface area (Å²) in [5.41, 5.74) is 1.92. The van der Waals surface area contributed by atoms with Crippen LogP contribution in [0.4, 0.5) is 20.4 Å². The highest BCUT2D eigenvalue weighted by molar-refractivity contribution is 9.10. The Hall–Kier alpha value is -4.86. The van der Waals surface area contributed by atoms with Crippen molar-refractivity contribution in [3.05, 3.63) is 108 Å². The maximum Gasteiger partial charge on any atom is 0.240 e. The van der Waals surface area contributed by atoms with Gasteiger partial charge in [-0.1, -0.05) is 40.2 Å². The fraction of sp³-hybridized carbons (Fsp3) is 0.400. The average molecular weight is 822 g/mol. The second-order valence-corrected chi connectivity index (χ2v) is 14.9.